The number of pyridine rings is 2. The molecule has 140 valence electrons. The van der Waals surface area contributed by atoms with Crippen LogP contribution in [-0.2, 0) is 17.9 Å². The molecule has 1 saturated heterocycles. The number of hydrogen-bond donors (Lipinski definition) is 1. The summed E-state index contributed by atoms with van der Waals surface area (Å²) in [6.45, 7) is 5.71. The molecular formula is C20H24N6O. The molecule has 1 aliphatic heterocycles. The fraction of sp³-hybridized carbons (Fsp3) is 0.400. The van der Waals surface area contributed by atoms with Gasteiger partial charge in [0.15, 0.2) is 5.65 Å². The van der Waals surface area contributed by atoms with Gasteiger partial charge >= 0.3 is 0 Å². The first-order valence-electron chi connectivity index (χ1n) is 9.38. The molecule has 3 aromatic heterocycles. The van der Waals surface area contributed by atoms with E-state index in [-0.39, 0.29) is 5.91 Å². The molecule has 1 N–H and O–H groups in total. The summed E-state index contributed by atoms with van der Waals surface area (Å²) in [6, 6.07) is 8.22. The van der Waals surface area contributed by atoms with E-state index in [9.17, 15) is 4.79 Å². The summed E-state index contributed by atoms with van der Waals surface area (Å²) in [5.41, 5.74) is 3.31. The molecule has 1 amide bonds. The van der Waals surface area contributed by atoms with E-state index in [0.717, 1.165) is 42.8 Å². The van der Waals surface area contributed by atoms with Crippen molar-refractivity contribution in [2.45, 2.75) is 32.4 Å². The zero-order valence-electron chi connectivity index (χ0n) is 15.5. The van der Waals surface area contributed by atoms with Crippen LogP contribution in [-0.4, -0.2) is 50.2 Å². The monoisotopic (exact) mass is 364 g/mol. The minimum atomic E-state index is -0.0257. The van der Waals surface area contributed by atoms with E-state index in [2.05, 4.69) is 38.4 Å². The normalized spacial score (nSPS) is 17.4. The van der Waals surface area contributed by atoms with Crippen molar-refractivity contribution in [3.05, 3.63) is 54.1 Å². The Balaban J connectivity index is 1.51. The van der Waals surface area contributed by atoms with Crippen LogP contribution < -0.4 is 5.32 Å². The van der Waals surface area contributed by atoms with Crippen molar-refractivity contribution in [2.75, 3.05) is 19.6 Å². The van der Waals surface area contributed by atoms with Gasteiger partial charge in [0.05, 0.1) is 12.2 Å². The molecule has 1 atom stereocenters. The second-order valence-electron chi connectivity index (χ2n) is 7.04. The molecule has 7 heteroatoms. The van der Waals surface area contributed by atoms with E-state index in [1.807, 2.05) is 23.1 Å². The fourth-order valence-corrected chi connectivity index (χ4v) is 3.78. The summed E-state index contributed by atoms with van der Waals surface area (Å²) < 4.78 is 1.92. The third-order valence-corrected chi connectivity index (χ3v) is 5.05. The molecule has 27 heavy (non-hydrogen) atoms. The number of nitrogens with zero attached hydrogens (tertiary/aromatic N) is 5. The molecule has 4 rings (SSSR count). The Labute approximate surface area is 158 Å². The lowest BCUT2D eigenvalue weighted by Gasteiger charge is -2.15. The molecule has 4 heterocycles. The highest BCUT2D eigenvalue weighted by molar-refractivity contribution is 5.79. The Bertz CT molecular complexity index is 923. The Hall–Kier alpha value is -2.80. The zero-order valence-corrected chi connectivity index (χ0v) is 15.5. The van der Waals surface area contributed by atoms with Crippen LogP contribution in [0.5, 0.6) is 0 Å². The standard InChI is InChI=1S/C20H24N6O/c1-15(27)22-10-12-26-20-18(3-2-7-23-20)19(24-26)17-6-11-25(14-17)13-16-4-8-21-9-5-16/h2-5,7-9,17H,6,10-14H2,1H3,(H,22,27)/t17-/m0/s1. The summed E-state index contributed by atoms with van der Waals surface area (Å²) in [5.74, 6) is 0.378. The predicted octanol–water partition coefficient (Wildman–Crippen LogP) is 1.95. The first-order chi connectivity index (χ1) is 13.2. The highest BCUT2D eigenvalue weighted by Crippen LogP contribution is 2.31. The topological polar surface area (TPSA) is 75.9 Å². The first kappa shape index (κ1) is 17.6. The lowest BCUT2D eigenvalue weighted by Crippen LogP contribution is -2.25. The van der Waals surface area contributed by atoms with Gasteiger partial charge in [0.2, 0.25) is 5.91 Å². The molecule has 3 aromatic rings. The largest absolute Gasteiger partial charge is 0.354 e. The maximum absolute atomic E-state index is 11.1. The van der Waals surface area contributed by atoms with Crippen molar-refractivity contribution < 1.29 is 4.79 Å². The lowest BCUT2D eigenvalue weighted by molar-refractivity contribution is -0.118. The van der Waals surface area contributed by atoms with Gasteiger partial charge in [-0.25, -0.2) is 9.67 Å². The third-order valence-electron chi connectivity index (χ3n) is 5.05. The van der Waals surface area contributed by atoms with Crippen LogP contribution in [0.15, 0.2) is 42.9 Å². The molecule has 0 bridgehead atoms. The van der Waals surface area contributed by atoms with Crippen LogP contribution in [0.4, 0.5) is 0 Å². The van der Waals surface area contributed by atoms with Crippen molar-refractivity contribution in [1.29, 1.82) is 0 Å². The maximum atomic E-state index is 11.1. The minimum Gasteiger partial charge on any atom is -0.354 e. The number of aromatic nitrogens is 4. The lowest BCUT2D eigenvalue weighted by atomic mass is 10.0. The van der Waals surface area contributed by atoms with Crippen LogP contribution in [0, 0.1) is 0 Å². The Morgan fingerprint density at radius 3 is 2.93 bits per heavy atom. The van der Waals surface area contributed by atoms with Gasteiger partial charge in [0.25, 0.3) is 0 Å². The molecule has 1 fully saturated rings. The SMILES string of the molecule is CC(=O)NCCn1nc([C@H]2CCN(Cc3ccncc3)C2)c2cccnc21. The zero-order chi connectivity index (χ0) is 18.6. The van der Waals surface area contributed by atoms with E-state index >= 15 is 0 Å². The van der Waals surface area contributed by atoms with Gasteiger partial charge in [-0.2, -0.15) is 5.10 Å². The van der Waals surface area contributed by atoms with E-state index in [1.54, 1.807) is 6.20 Å². The fourth-order valence-electron chi connectivity index (χ4n) is 3.78. The summed E-state index contributed by atoms with van der Waals surface area (Å²) in [7, 11) is 0. The van der Waals surface area contributed by atoms with Gasteiger partial charge in [0, 0.05) is 56.5 Å². The number of hydrogen-bond acceptors (Lipinski definition) is 5. The maximum Gasteiger partial charge on any atom is 0.216 e. The molecule has 0 radical (unpaired) electrons. The van der Waals surface area contributed by atoms with Crippen molar-refractivity contribution in [3.8, 4) is 0 Å². The van der Waals surface area contributed by atoms with Crippen molar-refractivity contribution in [2.24, 2.45) is 0 Å². The van der Waals surface area contributed by atoms with E-state index in [4.69, 9.17) is 5.10 Å². The Morgan fingerprint density at radius 2 is 2.11 bits per heavy atom. The predicted molar refractivity (Wildman–Crippen MR) is 103 cm³/mol. The summed E-state index contributed by atoms with van der Waals surface area (Å²) in [5, 5.41) is 8.83. The quantitative estimate of drug-likeness (QED) is 0.724. The number of amides is 1. The van der Waals surface area contributed by atoms with Gasteiger partial charge in [-0.1, -0.05) is 0 Å². The van der Waals surface area contributed by atoms with Crippen LogP contribution in [0.3, 0.4) is 0 Å². The molecule has 1 aliphatic rings. The van der Waals surface area contributed by atoms with Crippen LogP contribution in [0.25, 0.3) is 11.0 Å². The molecular weight excluding hydrogens is 340 g/mol. The summed E-state index contributed by atoms with van der Waals surface area (Å²) in [6.07, 6.45) is 6.59. The number of carbonyl (C=O) groups is 1. The van der Waals surface area contributed by atoms with Crippen molar-refractivity contribution >= 4 is 16.9 Å². The molecule has 0 unspecified atom stereocenters. The van der Waals surface area contributed by atoms with E-state index < -0.39 is 0 Å². The third kappa shape index (κ3) is 3.98. The second-order valence-corrected chi connectivity index (χ2v) is 7.04. The van der Waals surface area contributed by atoms with E-state index in [1.165, 1.54) is 12.5 Å². The molecule has 7 nitrogen and oxygen atoms in total. The number of rotatable bonds is 6. The van der Waals surface area contributed by atoms with Gasteiger partial charge in [-0.15, -0.1) is 0 Å². The highest BCUT2D eigenvalue weighted by atomic mass is 16.1. The first-order valence-corrected chi connectivity index (χ1v) is 9.38. The Morgan fingerprint density at radius 1 is 1.26 bits per heavy atom. The molecule has 0 aliphatic carbocycles. The van der Waals surface area contributed by atoms with Crippen molar-refractivity contribution in [3.63, 3.8) is 0 Å². The summed E-state index contributed by atoms with van der Waals surface area (Å²) in [4.78, 5) is 22.2. The van der Waals surface area contributed by atoms with Crippen LogP contribution in [0.2, 0.25) is 0 Å². The number of carbonyl (C=O) groups excluding carboxylic acids is 1. The van der Waals surface area contributed by atoms with Gasteiger partial charge in [-0.3, -0.25) is 14.7 Å². The molecule has 0 aromatic carbocycles. The average molecular weight is 364 g/mol. The molecule has 0 spiro atoms. The summed E-state index contributed by atoms with van der Waals surface area (Å²) >= 11 is 0. The van der Waals surface area contributed by atoms with Crippen LogP contribution in [0.1, 0.15) is 30.5 Å². The Kier molecular flexibility index (Phi) is 5.11. The van der Waals surface area contributed by atoms with Gasteiger partial charge in [0.1, 0.15) is 0 Å². The minimum absolute atomic E-state index is 0.0257. The van der Waals surface area contributed by atoms with Gasteiger partial charge in [-0.05, 0) is 42.8 Å². The van der Waals surface area contributed by atoms with Crippen LogP contribution >= 0.6 is 0 Å². The number of fused-ring (bicyclic) bond motifs is 1. The smallest absolute Gasteiger partial charge is 0.216 e. The molecule has 0 saturated carbocycles. The average Bonchev–Trinajstić information content (AvgIpc) is 3.27. The second kappa shape index (κ2) is 7.84. The number of nitrogens with one attached hydrogen (secondary N) is 1. The van der Waals surface area contributed by atoms with Gasteiger partial charge < -0.3 is 5.32 Å². The number of likely N-dealkylation sites (tertiary alicyclic amines) is 1. The van der Waals surface area contributed by atoms with E-state index in [0.29, 0.717) is 19.0 Å². The highest BCUT2D eigenvalue weighted by Gasteiger charge is 2.28. The van der Waals surface area contributed by atoms with Crippen molar-refractivity contribution in [1.82, 2.24) is 30.0 Å².